The summed E-state index contributed by atoms with van der Waals surface area (Å²) in [5.41, 5.74) is 6.23. The number of benzene rings is 2. The summed E-state index contributed by atoms with van der Waals surface area (Å²) < 4.78 is 38.3. The van der Waals surface area contributed by atoms with Crippen LogP contribution in [0.2, 0.25) is 0 Å². The molecule has 1 unspecified atom stereocenters. The van der Waals surface area contributed by atoms with E-state index in [2.05, 4.69) is 15.3 Å². The molecule has 0 radical (unpaired) electrons. The van der Waals surface area contributed by atoms with Crippen LogP contribution in [0.5, 0.6) is 0 Å². The quantitative estimate of drug-likeness (QED) is 0.680. The van der Waals surface area contributed by atoms with Crippen LogP contribution in [0.4, 0.5) is 19.1 Å². The van der Waals surface area contributed by atoms with Crippen molar-refractivity contribution < 1.29 is 18.0 Å². The highest BCUT2D eigenvalue weighted by Gasteiger charge is 2.30. The lowest BCUT2D eigenvalue weighted by Crippen LogP contribution is -2.17. The molecule has 1 aromatic heterocycles. The number of alkyl halides is 3. The minimum Gasteiger partial charge on any atom is -0.364 e. The number of rotatable bonds is 5. The van der Waals surface area contributed by atoms with E-state index in [9.17, 15) is 18.0 Å². The van der Waals surface area contributed by atoms with E-state index < -0.39 is 17.6 Å². The molecule has 0 aliphatic rings. The summed E-state index contributed by atoms with van der Waals surface area (Å²) in [6.07, 6.45) is -4.43. The SMILES string of the molecule is CC(Nc1nc(C(N)=O)cc(-c2ccc(C(F)(F)F)cc2)n1)c1ccccc1. The third-order valence-corrected chi connectivity index (χ3v) is 4.13. The highest BCUT2D eigenvalue weighted by atomic mass is 19.4. The number of hydrogen-bond donors (Lipinski definition) is 2. The van der Waals surface area contributed by atoms with Gasteiger partial charge in [-0.3, -0.25) is 4.79 Å². The average molecular weight is 386 g/mol. The summed E-state index contributed by atoms with van der Waals surface area (Å²) in [5, 5.41) is 3.09. The first-order valence-corrected chi connectivity index (χ1v) is 8.42. The Morgan fingerprint density at radius 2 is 1.68 bits per heavy atom. The Balaban J connectivity index is 1.95. The number of nitrogens with zero attached hydrogens (tertiary/aromatic N) is 2. The van der Waals surface area contributed by atoms with E-state index in [1.165, 1.54) is 18.2 Å². The van der Waals surface area contributed by atoms with Gasteiger partial charge in [-0.2, -0.15) is 13.2 Å². The second-order valence-corrected chi connectivity index (χ2v) is 6.18. The van der Waals surface area contributed by atoms with E-state index in [0.29, 0.717) is 11.3 Å². The molecule has 0 aliphatic heterocycles. The molecule has 1 amide bonds. The molecule has 1 atom stereocenters. The van der Waals surface area contributed by atoms with Crippen molar-refractivity contribution in [3.63, 3.8) is 0 Å². The maximum absolute atomic E-state index is 12.8. The molecule has 0 saturated carbocycles. The highest BCUT2D eigenvalue weighted by molar-refractivity contribution is 5.92. The summed E-state index contributed by atoms with van der Waals surface area (Å²) in [5.74, 6) is -0.603. The number of hydrogen-bond acceptors (Lipinski definition) is 4. The lowest BCUT2D eigenvalue weighted by molar-refractivity contribution is -0.137. The molecule has 5 nitrogen and oxygen atoms in total. The van der Waals surface area contributed by atoms with Gasteiger partial charge in [-0.1, -0.05) is 42.5 Å². The van der Waals surface area contributed by atoms with Crippen molar-refractivity contribution in [3.8, 4) is 11.3 Å². The van der Waals surface area contributed by atoms with Crippen LogP contribution < -0.4 is 11.1 Å². The van der Waals surface area contributed by atoms with Gasteiger partial charge in [0.15, 0.2) is 0 Å². The number of primary amides is 1. The molecule has 0 aliphatic carbocycles. The van der Waals surface area contributed by atoms with E-state index in [4.69, 9.17) is 5.73 Å². The van der Waals surface area contributed by atoms with Gasteiger partial charge in [0.2, 0.25) is 5.95 Å². The Hall–Kier alpha value is -3.42. The number of carbonyl (C=O) groups is 1. The minimum atomic E-state index is -4.43. The molecule has 1 heterocycles. The molecule has 3 rings (SSSR count). The molecule has 2 aromatic carbocycles. The van der Waals surface area contributed by atoms with Gasteiger partial charge in [0.1, 0.15) is 5.69 Å². The lowest BCUT2D eigenvalue weighted by Gasteiger charge is -2.15. The third-order valence-electron chi connectivity index (χ3n) is 4.13. The first-order chi connectivity index (χ1) is 13.2. The van der Waals surface area contributed by atoms with E-state index in [1.807, 2.05) is 37.3 Å². The Kier molecular flexibility index (Phi) is 5.30. The van der Waals surface area contributed by atoms with Gasteiger partial charge in [-0.05, 0) is 30.7 Å². The molecule has 144 valence electrons. The van der Waals surface area contributed by atoms with Crippen LogP contribution in [0.1, 0.15) is 34.6 Å². The largest absolute Gasteiger partial charge is 0.416 e. The predicted molar refractivity (Wildman–Crippen MR) is 99.5 cm³/mol. The third kappa shape index (κ3) is 4.46. The van der Waals surface area contributed by atoms with Crippen LogP contribution in [0.3, 0.4) is 0 Å². The Bertz CT molecular complexity index is 973. The van der Waals surface area contributed by atoms with Crippen molar-refractivity contribution in [2.75, 3.05) is 5.32 Å². The first-order valence-electron chi connectivity index (χ1n) is 8.42. The fourth-order valence-corrected chi connectivity index (χ4v) is 2.63. The number of amides is 1. The van der Waals surface area contributed by atoms with Gasteiger partial charge in [0, 0.05) is 5.56 Å². The number of anilines is 1. The molecule has 8 heteroatoms. The van der Waals surface area contributed by atoms with Crippen molar-refractivity contribution in [3.05, 3.63) is 77.5 Å². The summed E-state index contributed by atoms with van der Waals surface area (Å²) in [4.78, 5) is 20.1. The number of aromatic nitrogens is 2. The molecule has 3 N–H and O–H groups in total. The Morgan fingerprint density at radius 1 is 1.04 bits per heavy atom. The zero-order valence-corrected chi connectivity index (χ0v) is 14.9. The number of nitrogens with one attached hydrogen (secondary N) is 1. The monoisotopic (exact) mass is 386 g/mol. The summed E-state index contributed by atoms with van der Waals surface area (Å²) in [6, 6.07) is 15.2. The van der Waals surface area contributed by atoms with Crippen LogP contribution in [0.15, 0.2) is 60.7 Å². The van der Waals surface area contributed by atoms with Crippen molar-refractivity contribution in [2.24, 2.45) is 5.73 Å². The van der Waals surface area contributed by atoms with E-state index in [-0.39, 0.29) is 17.7 Å². The van der Waals surface area contributed by atoms with Crippen molar-refractivity contribution in [2.45, 2.75) is 19.1 Å². The number of carbonyl (C=O) groups excluding carboxylic acids is 1. The average Bonchev–Trinajstić information content (AvgIpc) is 2.68. The Labute approximate surface area is 159 Å². The molecule has 0 spiro atoms. The minimum absolute atomic E-state index is 0.0346. The second kappa shape index (κ2) is 7.67. The van der Waals surface area contributed by atoms with Gasteiger partial charge in [0.05, 0.1) is 17.3 Å². The number of nitrogens with two attached hydrogens (primary N) is 1. The number of halogens is 3. The lowest BCUT2D eigenvalue weighted by atomic mass is 10.1. The molecular formula is C20H17F3N4O. The molecule has 0 fully saturated rings. The normalized spacial score (nSPS) is 12.4. The maximum Gasteiger partial charge on any atom is 0.416 e. The smallest absolute Gasteiger partial charge is 0.364 e. The predicted octanol–water partition coefficient (Wildman–Crippen LogP) is 4.43. The van der Waals surface area contributed by atoms with E-state index in [0.717, 1.165) is 17.7 Å². The van der Waals surface area contributed by atoms with Crippen molar-refractivity contribution in [1.29, 1.82) is 0 Å². The topological polar surface area (TPSA) is 80.9 Å². The van der Waals surface area contributed by atoms with E-state index in [1.54, 1.807) is 0 Å². The van der Waals surface area contributed by atoms with Gasteiger partial charge in [0.25, 0.3) is 5.91 Å². The molecule has 0 saturated heterocycles. The van der Waals surface area contributed by atoms with Crippen LogP contribution >= 0.6 is 0 Å². The fourth-order valence-electron chi connectivity index (χ4n) is 2.63. The molecule has 28 heavy (non-hydrogen) atoms. The van der Waals surface area contributed by atoms with Crippen molar-refractivity contribution in [1.82, 2.24) is 9.97 Å². The molecular weight excluding hydrogens is 369 g/mol. The second-order valence-electron chi connectivity index (χ2n) is 6.18. The Morgan fingerprint density at radius 3 is 2.25 bits per heavy atom. The standard InChI is InChI=1S/C20H17F3N4O/c1-12(13-5-3-2-4-6-13)25-19-26-16(11-17(27-19)18(24)28)14-7-9-15(10-8-14)20(21,22)23/h2-12H,1H3,(H2,24,28)(H,25,26,27). The van der Waals surface area contributed by atoms with Gasteiger partial charge >= 0.3 is 6.18 Å². The van der Waals surface area contributed by atoms with E-state index >= 15 is 0 Å². The zero-order chi connectivity index (χ0) is 20.3. The van der Waals surface area contributed by atoms with Gasteiger partial charge < -0.3 is 11.1 Å². The molecule has 0 bridgehead atoms. The van der Waals surface area contributed by atoms with Gasteiger partial charge in [-0.25, -0.2) is 9.97 Å². The van der Waals surface area contributed by atoms with Crippen molar-refractivity contribution >= 4 is 11.9 Å². The van der Waals surface area contributed by atoms with Crippen LogP contribution in [0.25, 0.3) is 11.3 Å². The first kappa shape index (κ1) is 19.3. The van der Waals surface area contributed by atoms with Crippen LogP contribution in [-0.4, -0.2) is 15.9 Å². The summed E-state index contributed by atoms with van der Waals surface area (Å²) in [6.45, 7) is 1.90. The van der Waals surface area contributed by atoms with Gasteiger partial charge in [-0.15, -0.1) is 0 Å². The maximum atomic E-state index is 12.8. The highest BCUT2D eigenvalue weighted by Crippen LogP contribution is 2.31. The van der Waals surface area contributed by atoms with Crippen LogP contribution in [0, 0.1) is 0 Å². The molecule has 3 aromatic rings. The summed E-state index contributed by atoms with van der Waals surface area (Å²) >= 11 is 0. The zero-order valence-electron chi connectivity index (χ0n) is 14.9. The summed E-state index contributed by atoms with van der Waals surface area (Å²) in [7, 11) is 0. The van der Waals surface area contributed by atoms with Crippen LogP contribution in [-0.2, 0) is 6.18 Å². The fraction of sp³-hybridized carbons (Fsp3) is 0.150.